The number of thioether (sulfide) groups is 1. The number of hydrogen-bond donors (Lipinski definition) is 0. The molecule has 10 heteroatoms. The summed E-state index contributed by atoms with van der Waals surface area (Å²) in [6.45, 7) is 8.79. The van der Waals surface area contributed by atoms with Crippen molar-refractivity contribution < 1.29 is 9.13 Å². The maximum absolute atomic E-state index is 13.3. The van der Waals surface area contributed by atoms with Gasteiger partial charge in [0, 0.05) is 22.7 Å². The molecule has 6 rings (SSSR count). The highest BCUT2D eigenvalue weighted by Crippen LogP contribution is 2.41. The fourth-order valence-electron chi connectivity index (χ4n) is 4.40. The Labute approximate surface area is 204 Å². The second-order valence-electron chi connectivity index (χ2n) is 9.22. The normalized spacial score (nSPS) is 15.3. The summed E-state index contributed by atoms with van der Waals surface area (Å²) in [5.41, 5.74) is 4.70. The topological polar surface area (TPSA) is 70.1 Å². The number of aryl methyl sites for hydroxylation is 2. The molecule has 0 atom stereocenters. The van der Waals surface area contributed by atoms with Crippen molar-refractivity contribution in [2.45, 2.75) is 57.2 Å². The molecule has 0 bridgehead atoms. The van der Waals surface area contributed by atoms with E-state index >= 15 is 0 Å². The summed E-state index contributed by atoms with van der Waals surface area (Å²) >= 11 is 3.21. The van der Waals surface area contributed by atoms with Crippen molar-refractivity contribution in [2.75, 3.05) is 0 Å². The highest BCUT2D eigenvalue weighted by molar-refractivity contribution is 7.98. The molecule has 0 saturated heterocycles. The minimum atomic E-state index is -0.244. The Kier molecular flexibility index (Phi) is 5.02. The number of nitrogens with zero attached hydrogens (tertiary/aromatic N) is 6. The lowest BCUT2D eigenvalue weighted by Gasteiger charge is -2.30. The van der Waals surface area contributed by atoms with Crippen LogP contribution in [0.1, 0.15) is 41.2 Å². The Bertz CT molecular complexity index is 1550. The fraction of sp³-hybridized carbons (Fsp3) is 0.333. The number of aromatic nitrogens is 6. The predicted octanol–water partition coefficient (Wildman–Crippen LogP) is 5.42. The number of benzene rings is 1. The quantitative estimate of drug-likeness (QED) is 0.311. The van der Waals surface area contributed by atoms with Crippen molar-refractivity contribution in [3.05, 3.63) is 63.5 Å². The van der Waals surface area contributed by atoms with Gasteiger partial charge in [-0.05, 0) is 57.0 Å². The molecular formula is C24H23FN6OS2. The van der Waals surface area contributed by atoms with E-state index in [-0.39, 0.29) is 11.4 Å². The van der Waals surface area contributed by atoms with Gasteiger partial charge in [-0.1, -0.05) is 23.9 Å². The maximum atomic E-state index is 13.3. The van der Waals surface area contributed by atoms with Gasteiger partial charge in [0.05, 0.1) is 23.3 Å². The Balaban J connectivity index is 1.55. The first-order valence-electron chi connectivity index (χ1n) is 11.0. The van der Waals surface area contributed by atoms with Crippen LogP contribution in [0.2, 0.25) is 0 Å². The molecule has 0 fully saturated rings. The molecule has 0 saturated carbocycles. The van der Waals surface area contributed by atoms with Gasteiger partial charge in [0.15, 0.2) is 10.8 Å². The van der Waals surface area contributed by atoms with E-state index in [2.05, 4.69) is 24.0 Å². The van der Waals surface area contributed by atoms with Gasteiger partial charge in [-0.3, -0.25) is 0 Å². The van der Waals surface area contributed by atoms with E-state index in [1.54, 1.807) is 35.2 Å². The molecule has 1 aliphatic heterocycles. The number of ether oxygens (including phenoxy) is 1. The lowest BCUT2D eigenvalue weighted by molar-refractivity contribution is -0.0379. The Morgan fingerprint density at radius 1 is 1.18 bits per heavy atom. The number of rotatable bonds is 4. The van der Waals surface area contributed by atoms with Crippen molar-refractivity contribution in [1.29, 1.82) is 0 Å². The fourth-order valence-corrected chi connectivity index (χ4v) is 6.37. The predicted molar refractivity (Wildman–Crippen MR) is 131 cm³/mol. The summed E-state index contributed by atoms with van der Waals surface area (Å²) < 4.78 is 23.3. The smallest absolute Gasteiger partial charge is 0.240 e. The first-order chi connectivity index (χ1) is 16.3. The summed E-state index contributed by atoms with van der Waals surface area (Å²) in [7, 11) is 0. The Hall–Kier alpha value is -2.82. The first kappa shape index (κ1) is 21.7. The van der Waals surface area contributed by atoms with Crippen molar-refractivity contribution in [1.82, 2.24) is 29.4 Å². The summed E-state index contributed by atoms with van der Waals surface area (Å²) in [4.78, 5) is 7.20. The summed E-state index contributed by atoms with van der Waals surface area (Å²) in [6.07, 6.45) is 0.795. The van der Waals surface area contributed by atoms with Gasteiger partial charge in [-0.25, -0.2) is 18.5 Å². The number of halogens is 1. The third kappa shape index (κ3) is 3.60. The number of fused-ring (bicyclic) bond motifs is 5. The van der Waals surface area contributed by atoms with Gasteiger partial charge in [0.1, 0.15) is 10.6 Å². The number of hydrogen-bond acceptors (Lipinski definition) is 7. The second kappa shape index (κ2) is 7.86. The van der Waals surface area contributed by atoms with Crippen molar-refractivity contribution in [3.8, 4) is 5.95 Å². The molecule has 1 aromatic carbocycles. The van der Waals surface area contributed by atoms with E-state index < -0.39 is 0 Å². The van der Waals surface area contributed by atoms with Gasteiger partial charge in [0.2, 0.25) is 5.95 Å². The molecule has 0 N–H and O–H groups in total. The van der Waals surface area contributed by atoms with E-state index in [4.69, 9.17) is 14.8 Å². The molecule has 1 aliphatic rings. The highest BCUT2D eigenvalue weighted by Gasteiger charge is 2.32. The minimum Gasteiger partial charge on any atom is -0.370 e. The van der Waals surface area contributed by atoms with E-state index in [1.807, 2.05) is 29.0 Å². The molecule has 5 heterocycles. The first-order valence-corrected chi connectivity index (χ1v) is 12.8. The average molecular weight is 495 g/mol. The van der Waals surface area contributed by atoms with Crippen LogP contribution < -0.4 is 0 Å². The van der Waals surface area contributed by atoms with Crippen LogP contribution in [0, 0.1) is 19.7 Å². The summed E-state index contributed by atoms with van der Waals surface area (Å²) in [5.74, 6) is 1.06. The third-order valence-electron chi connectivity index (χ3n) is 6.01. The molecular weight excluding hydrogens is 471 g/mol. The van der Waals surface area contributed by atoms with Crippen molar-refractivity contribution in [2.24, 2.45) is 0 Å². The van der Waals surface area contributed by atoms with E-state index in [1.165, 1.54) is 22.6 Å². The van der Waals surface area contributed by atoms with Gasteiger partial charge in [0.25, 0.3) is 0 Å². The third-order valence-corrected chi connectivity index (χ3v) is 8.11. The van der Waals surface area contributed by atoms with E-state index in [0.717, 1.165) is 44.4 Å². The molecule has 0 unspecified atom stereocenters. The standard InChI is InChI=1S/C24H23FN6OS2/c1-13-9-14(2)31(29-13)22-26-21-19(17-10-24(3,4)32-11-18(17)34-21)20-27-28-23(30(20)22)33-12-15-5-7-16(25)8-6-15/h5-9H,10-12H2,1-4H3. The van der Waals surface area contributed by atoms with Crippen LogP contribution in [0.15, 0.2) is 35.5 Å². The zero-order valence-electron chi connectivity index (χ0n) is 19.3. The number of thiophene rings is 1. The SMILES string of the molecule is Cc1cc(C)n(-c2nc3sc4c(c3c3nnc(SCc5ccc(F)cc5)n23)CC(C)(C)OC4)n1. The average Bonchev–Trinajstić information content (AvgIpc) is 3.46. The van der Waals surface area contributed by atoms with Crippen molar-refractivity contribution >= 4 is 39.0 Å². The Morgan fingerprint density at radius 3 is 2.71 bits per heavy atom. The van der Waals surface area contributed by atoms with Gasteiger partial charge in [-0.2, -0.15) is 5.10 Å². The van der Waals surface area contributed by atoms with Crippen LogP contribution in [0.25, 0.3) is 21.8 Å². The van der Waals surface area contributed by atoms with Gasteiger partial charge < -0.3 is 4.74 Å². The van der Waals surface area contributed by atoms with Crippen LogP contribution in [0.4, 0.5) is 4.39 Å². The molecule has 34 heavy (non-hydrogen) atoms. The van der Waals surface area contributed by atoms with Crippen molar-refractivity contribution in [3.63, 3.8) is 0 Å². The van der Waals surface area contributed by atoms with E-state index in [9.17, 15) is 4.39 Å². The zero-order chi connectivity index (χ0) is 23.6. The lowest BCUT2D eigenvalue weighted by Crippen LogP contribution is -2.31. The Morgan fingerprint density at radius 2 is 1.97 bits per heavy atom. The van der Waals surface area contributed by atoms with Gasteiger partial charge in [-0.15, -0.1) is 21.5 Å². The van der Waals surface area contributed by atoms with Crippen LogP contribution in [0.3, 0.4) is 0 Å². The molecule has 0 amide bonds. The van der Waals surface area contributed by atoms with Gasteiger partial charge >= 0.3 is 0 Å². The van der Waals surface area contributed by atoms with E-state index in [0.29, 0.717) is 18.3 Å². The molecule has 174 valence electrons. The molecule has 0 radical (unpaired) electrons. The lowest BCUT2D eigenvalue weighted by atomic mass is 9.94. The maximum Gasteiger partial charge on any atom is 0.240 e. The summed E-state index contributed by atoms with van der Waals surface area (Å²) in [6, 6.07) is 8.57. The largest absolute Gasteiger partial charge is 0.370 e. The van der Waals surface area contributed by atoms with Crippen LogP contribution in [-0.4, -0.2) is 35.0 Å². The molecule has 0 spiro atoms. The summed E-state index contributed by atoms with van der Waals surface area (Å²) in [5, 5.41) is 15.7. The minimum absolute atomic E-state index is 0.241. The molecule has 7 nitrogen and oxygen atoms in total. The monoisotopic (exact) mass is 494 g/mol. The molecule has 0 aliphatic carbocycles. The highest BCUT2D eigenvalue weighted by atomic mass is 32.2. The molecule has 4 aromatic heterocycles. The van der Waals surface area contributed by atoms with Crippen LogP contribution >= 0.6 is 23.1 Å². The van der Waals surface area contributed by atoms with Crippen LogP contribution in [0.5, 0.6) is 0 Å². The zero-order valence-corrected chi connectivity index (χ0v) is 20.9. The molecule has 5 aromatic rings. The second-order valence-corrected chi connectivity index (χ2v) is 11.2. The van der Waals surface area contributed by atoms with Crippen LogP contribution in [-0.2, 0) is 23.5 Å².